The molecule has 0 aromatic heterocycles. The van der Waals surface area contributed by atoms with Crippen LogP contribution in [-0.2, 0) is 4.79 Å². The Bertz CT molecular complexity index is 334. The summed E-state index contributed by atoms with van der Waals surface area (Å²) >= 11 is 0. The maximum atomic E-state index is 12.3. The number of nitrogens with two attached hydrogens (primary N) is 1. The second-order valence-corrected chi connectivity index (χ2v) is 5.86. The van der Waals surface area contributed by atoms with E-state index in [4.69, 9.17) is 5.73 Å². The molecule has 2 N–H and O–H groups in total. The number of amides is 1. The minimum absolute atomic E-state index is 0.0170. The van der Waals surface area contributed by atoms with Crippen LogP contribution in [0.1, 0.15) is 6.42 Å². The summed E-state index contributed by atoms with van der Waals surface area (Å²) in [6, 6.07) is 0.0651. The smallest absolute Gasteiger partial charge is 0.229 e. The summed E-state index contributed by atoms with van der Waals surface area (Å²) in [5, 5.41) is 0. The molecule has 2 unspecified atom stereocenters. The van der Waals surface area contributed by atoms with Crippen LogP contribution in [0.25, 0.3) is 0 Å². The van der Waals surface area contributed by atoms with Gasteiger partial charge in [-0.2, -0.15) is 0 Å². The van der Waals surface area contributed by atoms with Gasteiger partial charge in [-0.1, -0.05) is 12.2 Å². The molecule has 0 aromatic rings. The third-order valence-electron chi connectivity index (χ3n) is 3.98. The van der Waals surface area contributed by atoms with Crippen molar-refractivity contribution in [2.24, 2.45) is 11.7 Å². The van der Waals surface area contributed by atoms with Crippen LogP contribution in [0.4, 0.5) is 0 Å². The number of hydrogen-bond acceptors (Lipinski definition) is 4. The third kappa shape index (κ3) is 4.03. The standard InChI is InChI=1S/C14H26N4O/c1-16(2)5-6-17-7-9-18(10-8-17)14(19)12-3-4-13(15)11-12/h3-4,12-13H,5-11,15H2,1-2H3. The lowest BCUT2D eigenvalue weighted by molar-refractivity contribution is -0.135. The van der Waals surface area contributed by atoms with E-state index < -0.39 is 0 Å². The molecule has 5 heteroatoms. The number of carbonyl (C=O) groups is 1. The van der Waals surface area contributed by atoms with E-state index in [2.05, 4.69) is 23.9 Å². The normalized spacial score (nSPS) is 28.3. The highest BCUT2D eigenvalue weighted by molar-refractivity contribution is 5.81. The van der Waals surface area contributed by atoms with Crippen LogP contribution in [0.3, 0.4) is 0 Å². The van der Waals surface area contributed by atoms with Gasteiger partial charge in [0.15, 0.2) is 0 Å². The van der Waals surface area contributed by atoms with Gasteiger partial charge in [0.25, 0.3) is 0 Å². The average molecular weight is 266 g/mol. The zero-order valence-corrected chi connectivity index (χ0v) is 12.1. The van der Waals surface area contributed by atoms with E-state index in [0.717, 1.165) is 45.7 Å². The first kappa shape index (κ1) is 14.5. The Morgan fingerprint density at radius 3 is 2.47 bits per heavy atom. The lowest BCUT2D eigenvalue weighted by Gasteiger charge is -2.36. The molecule has 1 fully saturated rings. The lowest BCUT2D eigenvalue weighted by atomic mass is 10.1. The predicted molar refractivity (Wildman–Crippen MR) is 76.8 cm³/mol. The SMILES string of the molecule is CN(C)CCN1CCN(C(=O)C2C=CC(N)C2)CC1. The van der Waals surface area contributed by atoms with Crippen molar-refractivity contribution in [3.05, 3.63) is 12.2 Å². The highest BCUT2D eigenvalue weighted by atomic mass is 16.2. The Morgan fingerprint density at radius 1 is 1.26 bits per heavy atom. The van der Waals surface area contributed by atoms with Crippen LogP contribution in [-0.4, -0.2) is 80.0 Å². The maximum absolute atomic E-state index is 12.3. The van der Waals surface area contributed by atoms with Gasteiger partial charge in [0.2, 0.25) is 5.91 Å². The van der Waals surface area contributed by atoms with Crippen molar-refractivity contribution in [3.63, 3.8) is 0 Å². The maximum Gasteiger partial charge on any atom is 0.229 e. The van der Waals surface area contributed by atoms with Crippen molar-refractivity contribution in [2.75, 3.05) is 53.4 Å². The molecule has 0 saturated carbocycles. The third-order valence-corrected chi connectivity index (χ3v) is 3.98. The molecular weight excluding hydrogens is 240 g/mol. The largest absolute Gasteiger partial charge is 0.340 e. The van der Waals surface area contributed by atoms with Gasteiger partial charge in [-0.25, -0.2) is 0 Å². The molecule has 1 aliphatic heterocycles. The number of hydrogen-bond donors (Lipinski definition) is 1. The minimum Gasteiger partial charge on any atom is -0.340 e. The first-order chi connectivity index (χ1) is 9.06. The molecule has 0 aromatic carbocycles. The summed E-state index contributed by atoms with van der Waals surface area (Å²) in [6.07, 6.45) is 4.71. The van der Waals surface area contributed by atoms with Crippen LogP contribution in [0, 0.1) is 5.92 Å². The van der Waals surface area contributed by atoms with Crippen molar-refractivity contribution in [2.45, 2.75) is 12.5 Å². The lowest BCUT2D eigenvalue weighted by Crippen LogP contribution is -2.51. The molecule has 108 valence electrons. The Hall–Kier alpha value is -0.910. The van der Waals surface area contributed by atoms with Gasteiger partial charge in [0, 0.05) is 45.3 Å². The van der Waals surface area contributed by atoms with Crippen molar-refractivity contribution in [3.8, 4) is 0 Å². The summed E-state index contributed by atoms with van der Waals surface area (Å²) in [5.41, 5.74) is 5.81. The van der Waals surface area contributed by atoms with Gasteiger partial charge in [-0.05, 0) is 20.5 Å². The van der Waals surface area contributed by atoms with Crippen LogP contribution < -0.4 is 5.73 Å². The van der Waals surface area contributed by atoms with E-state index in [1.54, 1.807) is 0 Å². The molecule has 0 radical (unpaired) electrons. The van der Waals surface area contributed by atoms with E-state index >= 15 is 0 Å². The molecular formula is C14H26N4O. The van der Waals surface area contributed by atoms with Crippen LogP contribution >= 0.6 is 0 Å². The molecule has 1 amide bonds. The second-order valence-electron chi connectivity index (χ2n) is 5.86. The highest BCUT2D eigenvalue weighted by Crippen LogP contribution is 2.19. The fourth-order valence-corrected chi connectivity index (χ4v) is 2.68. The molecule has 1 heterocycles. The molecule has 2 aliphatic rings. The first-order valence-corrected chi connectivity index (χ1v) is 7.16. The summed E-state index contributed by atoms with van der Waals surface area (Å²) < 4.78 is 0. The number of nitrogens with zero attached hydrogens (tertiary/aromatic N) is 3. The monoisotopic (exact) mass is 266 g/mol. The second kappa shape index (κ2) is 6.50. The van der Waals surface area contributed by atoms with Crippen LogP contribution in [0.5, 0.6) is 0 Å². The minimum atomic E-state index is 0.0170. The number of piperazine rings is 1. The molecule has 1 aliphatic carbocycles. The summed E-state index contributed by atoms with van der Waals surface area (Å²) in [6.45, 7) is 5.85. The summed E-state index contributed by atoms with van der Waals surface area (Å²) in [4.78, 5) is 18.9. The van der Waals surface area contributed by atoms with Crippen molar-refractivity contribution in [1.82, 2.24) is 14.7 Å². The van der Waals surface area contributed by atoms with Crippen molar-refractivity contribution in [1.29, 1.82) is 0 Å². The summed E-state index contributed by atoms with van der Waals surface area (Å²) in [7, 11) is 4.19. The predicted octanol–water partition coefficient (Wildman–Crippen LogP) is -0.404. The summed E-state index contributed by atoms with van der Waals surface area (Å²) in [5.74, 6) is 0.278. The van der Waals surface area contributed by atoms with Crippen LogP contribution in [0.15, 0.2) is 12.2 Å². The van der Waals surface area contributed by atoms with Crippen molar-refractivity contribution >= 4 is 5.91 Å². The van der Waals surface area contributed by atoms with E-state index in [1.165, 1.54) is 0 Å². The van der Waals surface area contributed by atoms with Gasteiger partial charge >= 0.3 is 0 Å². The van der Waals surface area contributed by atoms with Crippen LogP contribution in [0.2, 0.25) is 0 Å². The Kier molecular flexibility index (Phi) is 4.96. The molecule has 19 heavy (non-hydrogen) atoms. The van der Waals surface area contributed by atoms with Gasteiger partial charge < -0.3 is 15.5 Å². The van der Waals surface area contributed by atoms with Gasteiger partial charge in [-0.3, -0.25) is 9.69 Å². The van der Waals surface area contributed by atoms with E-state index in [9.17, 15) is 4.79 Å². The van der Waals surface area contributed by atoms with E-state index in [1.807, 2.05) is 17.1 Å². The number of rotatable bonds is 4. The molecule has 0 bridgehead atoms. The Labute approximate surface area is 116 Å². The molecule has 0 spiro atoms. The number of likely N-dealkylation sites (N-methyl/N-ethyl adjacent to an activating group) is 1. The van der Waals surface area contributed by atoms with E-state index in [0.29, 0.717) is 0 Å². The quantitative estimate of drug-likeness (QED) is 0.703. The molecule has 2 rings (SSSR count). The fraction of sp³-hybridized carbons (Fsp3) is 0.786. The van der Waals surface area contributed by atoms with Gasteiger partial charge in [0.05, 0.1) is 5.92 Å². The fourth-order valence-electron chi connectivity index (χ4n) is 2.68. The molecule has 5 nitrogen and oxygen atoms in total. The molecule has 1 saturated heterocycles. The molecule has 2 atom stereocenters. The van der Waals surface area contributed by atoms with Gasteiger partial charge in [0.1, 0.15) is 0 Å². The van der Waals surface area contributed by atoms with Gasteiger partial charge in [-0.15, -0.1) is 0 Å². The van der Waals surface area contributed by atoms with E-state index in [-0.39, 0.29) is 17.9 Å². The Balaban J connectivity index is 1.74. The average Bonchev–Trinajstić information content (AvgIpc) is 2.83. The topological polar surface area (TPSA) is 52.8 Å². The number of carbonyl (C=O) groups excluding carboxylic acids is 1. The van der Waals surface area contributed by atoms with Crippen molar-refractivity contribution < 1.29 is 4.79 Å². The Morgan fingerprint density at radius 2 is 1.95 bits per heavy atom. The zero-order valence-electron chi connectivity index (χ0n) is 12.1. The first-order valence-electron chi connectivity index (χ1n) is 7.16. The highest BCUT2D eigenvalue weighted by Gasteiger charge is 2.29. The zero-order chi connectivity index (χ0) is 13.8.